The topological polar surface area (TPSA) is 3.24 Å². The molecule has 0 amide bonds. The molecular weight excluding hydrogens is 146 g/mol. The van der Waals surface area contributed by atoms with E-state index in [4.69, 9.17) is 0 Å². The second-order valence-corrected chi connectivity index (χ2v) is 3.86. The largest absolute Gasteiger partial charge is 0.298 e. The molecular formula is C11H27N. The Balaban J connectivity index is 0. The lowest BCUT2D eigenvalue weighted by molar-refractivity contribution is 0.175. The van der Waals surface area contributed by atoms with Crippen molar-refractivity contribution in [3.8, 4) is 0 Å². The molecule has 0 spiro atoms. The first kappa shape index (κ1) is 14.5. The van der Waals surface area contributed by atoms with E-state index in [-0.39, 0.29) is 7.43 Å². The van der Waals surface area contributed by atoms with Crippen LogP contribution in [0.1, 0.15) is 54.9 Å². The molecule has 0 N–H and O–H groups in total. The fourth-order valence-electron chi connectivity index (χ4n) is 1.39. The highest BCUT2D eigenvalue weighted by atomic mass is 15.2. The molecule has 1 heteroatoms. The molecule has 1 aliphatic heterocycles. The zero-order valence-corrected chi connectivity index (χ0v) is 8.78. The van der Waals surface area contributed by atoms with E-state index >= 15 is 0 Å². The van der Waals surface area contributed by atoms with E-state index in [0.717, 1.165) is 0 Å². The summed E-state index contributed by atoms with van der Waals surface area (Å²) in [6, 6.07) is 0. The number of nitrogens with zero attached hydrogens (tertiary/aromatic N) is 1. The van der Waals surface area contributed by atoms with Gasteiger partial charge in [0.2, 0.25) is 0 Å². The molecule has 1 rings (SSSR count). The van der Waals surface area contributed by atoms with E-state index in [1.54, 1.807) is 0 Å². The minimum atomic E-state index is 0. The van der Waals surface area contributed by atoms with Gasteiger partial charge in [0.05, 0.1) is 0 Å². The highest BCUT2D eigenvalue weighted by Crippen LogP contribution is 2.19. The van der Waals surface area contributed by atoms with Crippen molar-refractivity contribution in [2.24, 2.45) is 0 Å². The quantitative estimate of drug-likeness (QED) is 0.541. The molecule has 0 unspecified atom stereocenters. The Bertz CT molecular complexity index is 85.7. The molecule has 0 bridgehead atoms. The SMILES string of the molecule is C.CC.CC(C)(C)N1CCCC1. The summed E-state index contributed by atoms with van der Waals surface area (Å²) in [6.45, 7) is 13.5. The molecule has 1 saturated heterocycles. The first-order valence-corrected chi connectivity index (χ1v) is 4.86. The van der Waals surface area contributed by atoms with Crippen LogP contribution in [0.15, 0.2) is 0 Å². The zero-order chi connectivity index (χ0) is 8.91. The lowest BCUT2D eigenvalue weighted by Gasteiger charge is -2.31. The van der Waals surface area contributed by atoms with Crippen LogP contribution in [0.2, 0.25) is 0 Å². The molecule has 12 heavy (non-hydrogen) atoms. The fraction of sp³-hybridized carbons (Fsp3) is 1.00. The standard InChI is InChI=1S/C8H17N.C2H6.CH4/c1-8(2,3)9-6-4-5-7-9;1-2;/h4-7H2,1-3H3;1-2H3;1H4. The van der Waals surface area contributed by atoms with Gasteiger partial charge in [-0.3, -0.25) is 4.90 Å². The summed E-state index contributed by atoms with van der Waals surface area (Å²) in [5, 5.41) is 0. The number of likely N-dealkylation sites (tertiary alicyclic amines) is 1. The molecule has 0 aliphatic carbocycles. The maximum absolute atomic E-state index is 2.55. The number of rotatable bonds is 0. The average molecular weight is 173 g/mol. The van der Waals surface area contributed by atoms with Gasteiger partial charge < -0.3 is 0 Å². The predicted octanol–water partition coefficient (Wildman–Crippen LogP) is 3.54. The van der Waals surface area contributed by atoms with E-state index < -0.39 is 0 Å². The molecule has 0 aromatic rings. The van der Waals surface area contributed by atoms with Crippen LogP contribution in [-0.4, -0.2) is 23.5 Å². The maximum atomic E-state index is 2.55. The van der Waals surface area contributed by atoms with Gasteiger partial charge in [0.15, 0.2) is 0 Å². The van der Waals surface area contributed by atoms with Gasteiger partial charge >= 0.3 is 0 Å². The van der Waals surface area contributed by atoms with Crippen molar-refractivity contribution in [3.63, 3.8) is 0 Å². The Morgan fingerprint density at radius 2 is 1.25 bits per heavy atom. The van der Waals surface area contributed by atoms with Crippen LogP contribution in [0.5, 0.6) is 0 Å². The molecule has 0 aromatic heterocycles. The molecule has 0 aromatic carbocycles. The third kappa shape index (κ3) is 4.76. The minimum absolute atomic E-state index is 0. The first-order valence-electron chi connectivity index (χ1n) is 4.86. The van der Waals surface area contributed by atoms with Gasteiger partial charge in [0, 0.05) is 5.54 Å². The molecule has 1 heterocycles. The van der Waals surface area contributed by atoms with Crippen molar-refractivity contribution in [2.75, 3.05) is 13.1 Å². The second-order valence-electron chi connectivity index (χ2n) is 3.86. The maximum Gasteiger partial charge on any atom is 0.0125 e. The van der Waals surface area contributed by atoms with E-state index in [1.807, 2.05) is 13.8 Å². The molecule has 1 aliphatic rings. The van der Waals surface area contributed by atoms with Crippen LogP contribution in [-0.2, 0) is 0 Å². The minimum Gasteiger partial charge on any atom is -0.298 e. The summed E-state index contributed by atoms with van der Waals surface area (Å²) in [5.41, 5.74) is 0.413. The van der Waals surface area contributed by atoms with Crippen molar-refractivity contribution in [1.29, 1.82) is 0 Å². The van der Waals surface area contributed by atoms with E-state index in [2.05, 4.69) is 25.7 Å². The average Bonchev–Trinajstić information content (AvgIpc) is 2.40. The summed E-state index contributed by atoms with van der Waals surface area (Å²) in [4.78, 5) is 2.55. The van der Waals surface area contributed by atoms with Crippen LogP contribution in [0, 0.1) is 0 Å². The third-order valence-electron chi connectivity index (χ3n) is 2.05. The molecule has 0 atom stereocenters. The Morgan fingerprint density at radius 1 is 0.917 bits per heavy atom. The van der Waals surface area contributed by atoms with E-state index in [9.17, 15) is 0 Å². The van der Waals surface area contributed by atoms with Crippen LogP contribution in [0.4, 0.5) is 0 Å². The van der Waals surface area contributed by atoms with Crippen LogP contribution >= 0.6 is 0 Å². The Morgan fingerprint density at radius 3 is 1.42 bits per heavy atom. The van der Waals surface area contributed by atoms with Gasteiger partial charge in [-0.1, -0.05) is 21.3 Å². The second kappa shape index (κ2) is 6.47. The molecule has 0 saturated carbocycles. The predicted molar refractivity (Wildman–Crippen MR) is 58.6 cm³/mol. The van der Waals surface area contributed by atoms with E-state index in [1.165, 1.54) is 25.9 Å². The van der Waals surface area contributed by atoms with Crippen LogP contribution in [0.25, 0.3) is 0 Å². The van der Waals surface area contributed by atoms with Crippen LogP contribution in [0.3, 0.4) is 0 Å². The molecule has 1 nitrogen and oxygen atoms in total. The summed E-state index contributed by atoms with van der Waals surface area (Å²) in [7, 11) is 0. The van der Waals surface area contributed by atoms with Crippen LogP contribution < -0.4 is 0 Å². The lowest BCUT2D eigenvalue weighted by atomic mass is 10.1. The summed E-state index contributed by atoms with van der Waals surface area (Å²) >= 11 is 0. The van der Waals surface area contributed by atoms with Gasteiger partial charge in [0.1, 0.15) is 0 Å². The van der Waals surface area contributed by atoms with Gasteiger partial charge in [-0.15, -0.1) is 0 Å². The summed E-state index contributed by atoms with van der Waals surface area (Å²) < 4.78 is 0. The smallest absolute Gasteiger partial charge is 0.0125 e. The Hall–Kier alpha value is -0.0400. The van der Waals surface area contributed by atoms with Crippen molar-refractivity contribution < 1.29 is 0 Å². The van der Waals surface area contributed by atoms with Crippen molar-refractivity contribution in [2.45, 2.75) is 60.4 Å². The van der Waals surface area contributed by atoms with E-state index in [0.29, 0.717) is 5.54 Å². The first-order chi connectivity index (χ1) is 5.11. The number of hydrogen-bond donors (Lipinski definition) is 0. The Labute approximate surface area is 79.2 Å². The van der Waals surface area contributed by atoms with Crippen molar-refractivity contribution in [1.82, 2.24) is 4.90 Å². The van der Waals surface area contributed by atoms with Gasteiger partial charge in [-0.25, -0.2) is 0 Å². The van der Waals surface area contributed by atoms with Gasteiger partial charge in [-0.05, 0) is 46.7 Å². The van der Waals surface area contributed by atoms with Crippen molar-refractivity contribution >= 4 is 0 Å². The Kier molecular flexibility index (Phi) is 7.81. The lowest BCUT2D eigenvalue weighted by Crippen LogP contribution is -2.38. The normalized spacial score (nSPS) is 17.8. The number of hydrogen-bond acceptors (Lipinski definition) is 1. The molecule has 1 fully saturated rings. The summed E-state index contributed by atoms with van der Waals surface area (Å²) in [5.74, 6) is 0. The van der Waals surface area contributed by atoms with Gasteiger partial charge in [0.25, 0.3) is 0 Å². The monoisotopic (exact) mass is 173 g/mol. The highest BCUT2D eigenvalue weighted by molar-refractivity contribution is 4.79. The zero-order valence-electron chi connectivity index (χ0n) is 8.78. The molecule has 0 radical (unpaired) electrons. The van der Waals surface area contributed by atoms with Crippen molar-refractivity contribution in [3.05, 3.63) is 0 Å². The molecule has 76 valence electrons. The third-order valence-corrected chi connectivity index (χ3v) is 2.05. The highest BCUT2D eigenvalue weighted by Gasteiger charge is 2.23. The fourth-order valence-corrected chi connectivity index (χ4v) is 1.39. The van der Waals surface area contributed by atoms with Gasteiger partial charge in [-0.2, -0.15) is 0 Å². The summed E-state index contributed by atoms with van der Waals surface area (Å²) in [6.07, 6.45) is 2.80.